The van der Waals surface area contributed by atoms with Crippen molar-refractivity contribution >= 4 is 13.7 Å². The van der Waals surface area contributed by atoms with Gasteiger partial charge in [-0.2, -0.15) is 0 Å². The molecule has 0 aliphatic carbocycles. The first-order valence-electron chi connectivity index (χ1n) is 18.9. The van der Waals surface area contributed by atoms with Crippen LogP contribution in [0, 0.1) is 0 Å². The highest BCUT2D eigenvalue weighted by Gasteiger charge is 2.24. The molecular formula is C41H71N2O6P. The number of aliphatic hydroxyl groups is 1. The SMILES string of the molecule is CC/C=C\C/C=C\C/C=C\C/C=C\C/C=C\C/C=C\C/C=C\CCCCCC(=O)NC(COP(=O)([O-])OCC[N+](C)(C)C)C(O)CCCCC. The van der Waals surface area contributed by atoms with Crippen LogP contribution in [0.5, 0.6) is 0 Å². The second-order valence-electron chi connectivity index (χ2n) is 13.5. The number of allylic oxidation sites excluding steroid dienone is 14. The third kappa shape index (κ3) is 34.1. The first kappa shape index (κ1) is 47.7. The number of quaternary nitrogens is 1. The number of phosphoric acid groups is 1. The van der Waals surface area contributed by atoms with E-state index >= 15 is 0 Å². The van der Waals surface area contributed by atoms with Crippen molar-refractivity contribution in [3.8, 4) is 0 Å². The zero-order chi connectivity index (χ0) is 37.2. The van der Waals surface area contributed by atoms with Crippen LogP contribution >= 0.6 is 7.82 Å². The second kappa shape index (κ2) is 32.6. The number of hydrogen-bond donors (Lipinski definition) is 2. The highest BCUT2D eigenvalue weighted by atomic mass is 31.2. The number of nitrogens with zero attached hydrogens (tertiary/aromatic N) is 1. The van der Waals surface area contributed by atoms with Crippen LogP contribution in [0.4, 0.5) is 0 Å². The topological polar surface area (TPSA) is 108 Å². The number of likely N-dealkylation sites (N-methyl/N-ethyl adjacent to an activating group) is 1. The van der Waals surface area contributed by atoms with Crippen molar-refractivity contribution in [1.29, 1.82) is 0 Å². The molecule has 1 amide bonds. The predicted molar refractivity (Wildman–Crippen MR) is 210 cm³/mol. The lowest BCUT2D eigenvalue weighted by atomic mass is 10.0. The zero-order valence-corrected chi connectivity index (χ0v) is 32.9. The van der Waals surface area contributed by atoms with Crippen molar-refractivity contribution < 1.29 is 32.9 Å². The molecule has 286 valence electrons. The molecule has 0 saturated heterocycles. The van der Waals surface area contributed by atoms with Gasteiger partial charge < -0.3 is 28.8 Å². The Morgan fingerprint density at radius 3 is 1.70 bits per heavy atom. The fourth-order valence-corrected chi connectivity index (χ4v) is 5.33. The smallest absolute Gasteiger partial charge is 0.268 e. The summed E-state index contributed by atoms with van der Waals surface area (Å²) in [6, 6.07) is -0.819. The third-order valence-electron chi connectivity index (χ3n) is 7.65. The van der Waals surface area contributed by atoms with E-state index in [1.54, 1.807) is 0 Å². The average Bonchev–Trinajstić information content (AvgIpc) is 3.06. The third-order valence-corrected chi connectivity index (χ3v) is 8.61. The summed E-state index contributed by atoms with van der Waals surface area (Å²) in [6.07, 6.45) is 43.9. The quantitative estimate of drug-likeness (QED) is 0.0311. The van der Waals surface area contributed by atoms with Crippen molar-refractivity contribution in [3.63, 3.8) is 0 Å². The van der Waals surface area contributed by atoms with E-state index in [1.807, 2.05) is 21.1 Å². The highest BCUT2D eigenvalue weighted by molar-refractivity contribution is 7.45. The van der Waals surface area contributed by atoms with Crippen molar-refractivity contribution in [3.05, 3.63) is 85.1 Å². The summed E-state index contributed by atoms with van der Waals surface area (Å²) >= 11 is 0. The molecule has 3 unspecified atom stereocenters. The average molecular weight is 719 g/mol. The lowest BCUT2D eigenvalue weighted by Crippen LogP contribution is -2.46. The molecule has 50 heavy (non-hydrogen) atoms. The number of carbonyl (C=O) groups is 1. The molecule has 0 aromatic heterocycles. The molecule has 0 rings (SSSR count). The molecule has 0 bridgehead atoms. The lowest BCUT2D eigenvalue weighted by molar-refractivity contribution is -0.870. The summed E-state index contributed by atoms with van der Waals surface area (Å²) in [5.74, 6) is -0.215. The number of phosphoric ester groups is 1. The van der Waals surface area contributed by atoms with Crippen molar-refractivity contribution in [2.75, 3.05) is 40.9 Å². The highest BCUT2D eigenvalue weighted by Crippen LogP contribution is 2.38. The normalized spacial score (nSPS) is 15.6. The second-order valence-corrected chi connectivity index (χ2v) is 15.0. The fourth-order valence-electron chi connectivity index (χ4n) is 4.60. The van der Waals surface area contributed by atoms with Crippen LogP contribution < -0.4 is 10.2 Å². The van der Waals surface area contributed by atoms with E-state index in [4.69, 9.17) is 9.05 Å². The van der Waals surface area contributed by atoms with Gasteiger partial charge in [0.15, 0.2) is 0 Å². The summed E-state index contributed by atoms with van der Waals surface area (Å²) in [5.41, 5.74) is 0. The van der Waals surface area contributed by atoms with E-state index in [2.05, 4.69) is 104 Å². The van der Waals surface area contributed by atoms with E-state index in [0.29, 0.717) is 23.9 Å². The summed E-state index contributed by atoms with van der Waals surface area (Å²) in [6.45, 7) is 4.36. The lowest BCUT2D eigenvalue weighted by Gasteiger charge is -2.30. The molecule has 0 heterocycles. The van der Waals surface area contributed by atoms with Crippen LogP contribution in [0.1, 0.15) is 117 Å². The number of aliphatic hydroxyl groups excluding tert-OH is 1. The van der Waals surface area contributed by atoms with Gasteiger partial charge >= 0.3 is 0 Å². The number of hydrogen-bond acceptors (Lipinski definition) is 6. The van der Waals surface area contributed by atoms with Gasteiger partial charge in [-0.05, 0) is 70.6 Å². The largest absolute Gasteiger partial charge is 0.756 e. The molecule has 0 radical (unpaired) electrons. The molecule has 0 aromatic rings. The van der Waals surface area contributed by atoms with Crippen molar-refractivity contribution in [2.24, 2.45) is 0 Å². The Hall–Kier alpha value is -2.32. The Bertz CT molecular complexity index is 1090. The van der Waals surface area contributed by atoms with Crippen LogP contribution in [0.15, 0.2) is 85.1 Å². The van der Waals surface area contributed by atoms with Gasteiger partial charge in [0.05, 0.1) is 39.9 Å². The molecule has 9 heteroatoms. The molecule has 3 atom stereocenters. The van der Waals surface area contributed by atoms with Crippen molar-refractivity contribution in [2.45, 2.75) is 129 Å². The summed E-state index contributed by atoms with van der Waals surface area (Å²) in [4.78, 5) is 24.9. The van der Waals surface area contributed by atoms with E-state index < -0.39 is 20.0 Å². The van der Waals surface area contributed by atoms with Crippen LogP contribution in [-0.2, 0) is 18.4 Å². The molecule has 0 fully saturated rings. The summed E-state index contributed by atoms with van der Waals surface area (Å²) in [7, 11) is 1.25. The fraction of sp³-hybridized carbons (Fsp3) is 0.634. The van der Waals surface area contributed by atoms with Crippen molar-refractivity contribution in [1.82, 2.24) is 5.32 Å². The summed E-state index contributed by atoms with van der Waals surface area (Å²) < 4.78 is 22.8. The molecular weight excluding hydrogens is 647 g/mol. The first-order valence-corrected chi connectivity index (χ1v) is 20.4. The van der Waals surface area contributed by atoms with E-state index in [1.165, 1.54) is 0 Å². The molecule has 0 aromatic carbocycles. The van der Waals surface area contributed by atoms with Crippen LogP contribution in [-0.4, -0.2) is 68.5 Å². The summed E-state index contributed by atoms with van der Waals surface area (Å²) in [5, 5.41) is 13.5. The van der Waals surface area contributed by atoms with E-state index in [9.17, 15) is 19.4 Å². The molecule has 0 spiro atoms. The molecule has 2 N–H and O–H groups in total. The van der Waals surface area contributed by atoms with Crippen LogP contribution in [0.2, 0.25) is 0 Å². The minimum absolute atomic E-state index is 0.00193. The first-order chi connectivity index (χ1) is 24.0. The predicted octanol–water partition coefficient (Wildman–Crippen LogP) is 9.21. The Balaban J connectivity index is 4.17. The Kier molecular flexibility index (Phi) is 31.1. The maximum atomic E-state index is 12.6. The molecule has 0 aliphatic heterocycles. The van der Waals surface area contributed by atoms with E-state index in [0.717, 1.165) is 89.9 Å². The molecule has 8 nitrogen and oxygen atoms in total. The monoisotopic (exact) mass is 719 g/mol. The molecule has 0 saturated carbocycles. The number of nitrogens with one attached hydrogen (secondary N) is 1. The van der Waals surface area contributed by atoms with Crippen LogP contribution in [0.25, 0.3) is 0 Å². The minimum atomic E-state index is -4.55. The van der Waals surface area contributed by atoms with Gasteiger partial charge in [0.1, 0.15) is 13.2 Å². The number of unbranched alkanes of at least 4 members (excludes halogenated alkanes) is 5. The Morgan fingerprint density at radius 1 is 0.720 bits per heavy atom. The number of amides is 1. The van der Waals surface area contributed by atoms with Gasteiger partial charge in [0.2, 0.25) is 5.91 Å². The zero-order valence-electron chi connectivity index (χ0n) is 32.1. The van der Waals surface area contributed by atoms with Gasteiger partial charge in [-0.1, -0.05) is 125 Å². The van der Waals surface area contributed by atoms with Gasteiger partial charge in [-0.25, -0.2) is 0 Å². The maximum absolute atomic E-state index is 12.6. The standard InChI is InChI=1S/C41H71N2O6P/c1-6-8-10-11-12-13-14-15-16-17-18-19-20-21-22-23-24-25-26-27-28-29-30-31-33-35-41(45)42-39(40(44)34-32-9-7-2)38-49-50(46,47)48-37-36-43(3,4)5/h8,10,12-13,15-16,18-19,21-22,24-25,27-28,39-40,44H,6-7,9,11,14,17,20,23,26,29-38H2,1-5H3,(H-,42,45,46,47)/b10-8-,13-12-,16-15-,19-18-,22-21-,25-24-,28-27-. The van der Waals surface area contributed by atoms with Gasteiger partial charge in [0.25, 0.3) is 7.82 Å². The number of carbonyl (C=O) groups excluding carboxylic acids is 1. The van der Waals surface area contributed by atoms with Gasteiger partial charge in [0, 0.05) is 6.42 Å². The number of rotatable bonds is 32. The Labute approximate surface area is 306 Å². The van der Waals surface area contributed by atoms with Gasteiger partial charge in [-0.3, -0.25) is 9.36 Å². The Morgan fingerprint density at radius 2 is 1.22 bits per heavy atom. The minimum Gasteiger partial charge on any atom is -0.756 e. The maximum Gasteiger partial charge on any atom is 0.268 e. The van der Waals surface area contributed by atoms with Crippen LogP contribution in [0.3, 0.4) is 0 Å². The van der Waals surface area contributed by atoms with Gasteiger partial charge in [-0.15, -0.1) is 0 Å². The molecule has 0 aliphatic rings. The van der Waals surface area contributed by atoms with E-state index in [-0.39, 0.29) is 19.1 Å².